The van der Waals surface area contributed by atoms with Gasteiger partial charge in [0.2, 0.25) is 13.3 Å². The molecule has 0 aromatic heterocycles. The van der Waals surface area contributed by atoms with Crippen LogP contribution in [-0.2, 0) is 20.6 Å². The SMILES string of the molecule is CC(C)C[C@H](CP(=O)(O)[C@@H](N)c1ccccc1)C(=O)N[C@@H](Cc1ccccc1)C(=O)O. The maximum Gasteiger partial charge on any atom is 0.326 e. The molecule has 0 spiro atoms. The Labute approximate surface area is 183 Å². The Hall–Kier alpha value is -2.47. The molecule has 0 radical (unpaired) electrons. The molecule has 1 amide bonds. The topological polar surface area (TPSA) is 130 Å². The van der Waals surface area contributed by atoms with Crippen LogP contribution in [0, 0.1) is 11.8 Å². The highest BCUT2D eigenvalue weighted by Gasteiger charge is 2.36. The van der Waals surface area contributed by atoms with Crippen LogP contribution in [0.4, 0.5) is 0 Å². The van der Waals surface area contributed by atoms with Gasteiger partial charge in [-0.05, 0) is 23.5 Å². The Kier molecular flexibility index (Phi) is 8.99. The van der Waals surface area contributed by atoms with Crippen molar-refractivity contribution in [3.05, 3.63) is 71.8 Å². The van der Waals surface area contributed by atoms with Crippen molar-refractivity contribution < 1.29 is 24.2 Å². The van der Waals surface area contributed by atoms with Crippen LogP contribution in [0.5, 0.6) is 0 Å². The molecule has 168 valence electrons. The quantitative estimate of drug-likeness (QED) is 0.392. The first-order valence-corrected chi connectivity index (χ1v) is 12.2. The summed E-state index contributed by atoms with van der Waals surface area (Å²) >= 11 is 0. The Balaban J connectivity index is 2.16. The Morgan fingerprint density at radius 3 is 2.10 bits per heavy atom. The fourth-order valence-electron chi connectivity index (χ4n) is 3.49. The zero-order chi connectivity index (χ0) is 23.0. The van der Waals surface area contributed by atoms with Crippen LogP contribution < -0.4 is 11.1 Å². The monoisotopic (exact) mass is 446 g/mol. The van der Waals surface area contributed by atoms with Crippen LogP contribution in [0.3, 0.4) is 0 Å². The van der Waals surface area contributed by atoms with Gasteiger partial charge in [-0.1, -0.05) is 74.5 Å². The van der Waals surface area contributed by atoms with Gasteiger partial charge < -0.3 is 21.1 Å². The smallest absolute Gasteiger partial charge is 0.326 e. The van der Waals surface area contributed by atoms with Crippen molar-refractivity contribution in [2.75, 3.05) is 6.16 Å². The number of nitrogens with one attached hydrogen (secondary N) is 1. The van der Waals surface area contributed by atoms with Gasteiger partial charge in [-0.25, -0.2) is 4.79 Å². The largest absolute Gasteiger partial charge is 0.480 e. The number of amides is 1. The van der Waals surface area contributed by atoms with Gasteiger partial charge >= 0.3 is 5.97 Å². The number of hydrogen-bond acceptors (Lipinski definition) is 4. The molecule has 0 aliphatic rings. The van der Waals surface area contributed by atoms with Crippen molar-refractivity contribution in [1.29, 1.82) is 0 Å². The highest BCUT2D eigenvalue weighted by atomic mass is 31.2. The number of nitrogens with two attached hydrogens (primary N) is 1. The average molecular weight is 446 g/mol. The van der Waals surface area contributed by atoms with E-state index in [0.29, 0.717) is 12.0 Å². The maximum absolute atomic E-state index is 13.1. The minimum Gasteiger partial charge on any atom is -0.480 e. The molecule has 1 unspecified atom stereocenters. The summed E-state index contributed by atoms with van der Waals surface area (Å²) in [7, 11) is -3.94. The number of carboxylic acids is 1. The highest BCUT2D eigenvalue weighted by Crippen LogP contribution is 2.54. The second-order valence-corrected chi connectivity index (χ2v) is 10.6. The van der Waals surface area contributed by atoms with Crippen molar-refractivity contribution in [2.45, 2.75) is 38.5 Å². The summed E-state index contributed by atoms with van der Waals surface area (Å²) in [5.41, 5.74) is 7.36. The third-order valence-corrected chi connectivity index (χ3v) is 7.21. The first-order chi connectivity index (χ1) is 14.6. The molecule has 2 rings (SSSR count). The molecule has 0 saturated heterocycles. The van der Waals surface area contributed by atoms with E-state index >= 15 is 0 Å². The zero-order valence-corrected chi connectivity index (χ0v) is 18.7. The summed E-state index contributed by atoms with van der Waals surface area (Å²) in [5.74, 6) is -3.58. The van der Waals surface area contributed by atoms with Crippen molar-refractivity contribution in [2.24, 2.45) is 17.6 Å². The lowest BCUT2D eigenvalue weighted by Crippen LogP contribution is -2.46. The summed E-state index contributed by atoms with van der Waals surface area (Å²) in [4.78, 5) is 35.4. The van der Waals surface area contributed by atoms with Gasteiger partial charge in [0.1, 0.15) is 11.8 Å². The number of hydrogen-bond donors (Lipinski definition) is 4. The molecule has 5 N–H and O–H groups in total. The van der Waals surface area contributed by atoms with Crippen molar-refractivity contribution in [1.82, 2.24) is 5.32 Å². The van der Waals surface area contributed by atoms with E-state index in [1.807, 2.05) is 19.9 Å². The van der Waals surface area contributed by atoms with Gasteiger partial charge in [-0.15, -0.1) is 0 Å². The molecule has 0 bridgehead atoms. The molecule has 0 heterocycles. The molecule has 0 aliphatic heterocycles. The average Bonchev–Trinajstić information content (AvgIpc) is 2.73. The number of aliphatic carboxylic acids is 1. The number of carboxylic acid groups (broad SMARTS) is 1. The van der Waals surface area contributed by atoms with Crippen LogP contribution in [0.25, 0.3) is 0 Å². The van der Waals surface area contributed by atoms with Crippen molar-refractivity contribution in [3.8, 4) is 0 Å². The Morgan fingerprint density at radius 2 is 1.58 bits per heavy atom. The minimum absolute atomic E-state index is 0.0705. The maximum atomic E-state index is 13.1. The van der Waals surface area contributed by atoms with E-state index in [4.69, 9.17) is 5.73 Å². The van der Waals surface area contributed by atoms with E-state index in [0.717, 1.165) is 5.56 Å². The fourth-order valence-corrected chi connectivity index (χ4v) is 5.30. The third kappa shape index (κ3) is 7.62. The molecular weight excluding hydrogens is 415 g/mol. The Bertz CT molecular complexity index is 905. The summed E-state index contributed by atoms with van der Waals surface area (Å²) in [5, 5.41) is 12.1. The highest BCUT2D eigenvalue weighted by molar-refractivity contribution is 7.58. The molecule has 0 saturated carbocycles. The summed E-state index contributed by atoms with van der Waals surface area (Å²) in [6.45, 7) is 3.80. The molecule has 2 aromatic rings. The molecule has 2 aromatic carbocycles. The van der Waals surface area contributed by atoms with E-state index in [1.54, 1.807) is 54.6 Å². The van der Waals surface area contributed by atoms with Gasteiger partial charge in [0.25, 0.3) is 0 Å². The van der Waals surface area contributed by atoms with E-state index in [1.165, 1.54) is 0 Å². The normalized spacial score (nSPS) is 16.2. The van der Waals surface area contributed by atoms with Gasteiger partial charge in [0, 0.05) is 18.5 Å². The van der Waals surface area contributed by atoms with Crippen molar-refractivity contribution >= 4 is 19.2 Å². The van der Waals surface area contributed by atoms with Gasteiger partial charge in [0.15, 0.2) is 0 Å². The molecule has 4 atom stereocenters. The van der Waals surface area contributed by atoms with E-state index in [9.17, 15) is 24.2 Å². The lowest BCUT2D eigenvalue weighted by molar-refractivity contribution is -0.142. The van der Waals surface area contributed by atoms with Crippen LogP contribution in [-0.4, -0.2) is 34.1 Å². The summed E-state index contributed by atoms with van der Waals surface area (Å²) in [6.07, 6.45) is 0.150. The summed E-state index contributed by atoms with van der Waals surface area (Å²) < 4.78 is 13.1. The molecule has 0 aliphatic carbocycles. The van der Waals surface area contributed by atoms with E-state index in [2.05, 4.69) is 5.32 Å². The predicted molar refractivity (Wildman–Crippen MR) is 121 cm³/mol. The fraction of sp³-hybridized carbons (Fsp3) is 0.391. The lowest BCUT2D eigenvalue weighted by atomic mass is 9.97. The van der Waals surface area contributed by atoms with E-state index in [-0.39, 0.29) is 18.5 Å². The second-order valence-electron chi connectivity index (χ2n) is 8.21. The van der Waals surface area contributed by atoms with Gasteiger partial charge in [-0.2, -0.15) is 0 Å². The first-order valence-electron chi connectivity index (χ1n) is 10.3. The Morgan fingerprint density at radius 1 is 1.03 bits per heavy atom. The standard InChI is InChI=1S/C23H31N2O5P/c1-16(2)13-19(15-31(29,30)21(24)18-11-7-4-8-12-18)22(26)25-20(23(27)28)14-17-9-5-3-6-10-17/h3-12,16,19-21H,13-15,24H2,1-2H3,(H,25,26)(H,27,28)(H,29,30)/t19-,20+,21-/m1/s1. The van der Waals surface area contributed by atoms with E-state index < -0.39 is 37.0 Å². The number of rotatable bonds is 11. The minimum atomic E-state index is -3.94. The van der Waals surface area contributed by atoms with Crippen LogP contribution >= 0.6 is 7.37 Å². The van der Waals surface area contributed by atoms with Gasteiger partial charge in [0.05, 0.1) is 0 Å². The molecular formula is C23H31N2O5P. The van der Waals surface area contributed by atoms with Crippen LogP contribution in [0.2, 0.25) is 0 Å². The first kappa shape index (κ1) is 24.8. The number of benzene rings is 2. The second kappa shape index (κ2) is 11.2. The third-order valence-electron chi connectivity index (χ3n) is 5.08. The predicted octanol–water partition coefficient (Wildman–Crippen LogP) is 3.39. The molecule has 0 fully saturated rings. The lowest BCUT2D eigenvalue weighted by Gasteiger charge is -2.26. The molecule has 7 nitrogen and oxygen atoms in total. The molecule has 31 heavy (non-hydrogen) atoms. The zero-order valence-electron chi connectivity index (χ0n) is 17.8. The number of carbonyl (C=O) groups excluding carboxylic acids is 1. The van der Waals surface area contributed by atoms with Crippen LogP contribution in [0.15, 0.2) is 60.7 Å². The van der Waals surface area contributed by atoms with Crippen molar-refractivity contribution in [3.63, 3.8) is 0 Å². The number of carbonyl (C=O) groups is 2. The van der Waals surface area contributed by atoms with Crippen LogP contribution in [0.1, 0.15) is 37.2 Å². The molecule has 8 heteroatoms. The summed E-state index contributed by atoms with van der Waals surface area (Å²) in [6, 6.07) is 16.4. The van der Waals surface area contributed by atoms with Gasteiger partial charge in [-0.3, -0.25) is 9.36 Å².